The molecule has 2 aromatic carbocycles. The van der Waals surface area contributed by atoms with Gasteiger partial charge < -0.3 is 14.5 Å². The van der Waals surface area contributed by atoms with Crippen molar-refractivity contribution >= 4 is 28.9 Å². The molecule has 0 atom stereocenters. The van der Waals surface area contributed by atoms with E-state index in [2.05, 4.69) is 42.1 Å². The number of anilines is 1. The van der Waals surface area contributed by atoms with Gasteiger partial charge in [0.25, 0.3) is 0 Å². The van der Waals surface area contributed by atoms with Gasteiger partial charge in [-0.05, 0) is 85.4 Å². The molecule has 0 saturated heterocycles. The Labute approximate surface area is 194 Å². The van der Waals surface area contributed by atoms with E-state index < -0.39 is 5.91 Å². The van der Waals surface area contributed by atoms with E-state index in [1.165, 1.54) is 0 Å². The van der Waals surface area contributed by atoms with Crippen LogP contribution in [0.25, 0.3) is 0 Å². The van der Waals surface area contributed by atoms with Crippen LogP contribution in [0.2, 0.25) is 0 Å². The van der Waals surface area contributed by atoms with E-state index in [0.29, 0.717) is 11.7 Å². The molecule has 6 nitrogen and oxygen atoms in total. The highest BCUT2D eigenvalue weighted by Crippen LogP contribution is 2.28. The number of benzene rings is 2. The van der Waals surface area contributed by atoms with Crippen molar-refractivity contribution in [3.63, 3.8) is 0 Å². The summed E-state index contributed by atoms with van der Waals surface area (Å²) in [5.74, 6) is 1.46. The smallest absolute Gasteiger partial charge is 0.305 e. The van der Waals surface area contributed by atoms with Crippen molar-refractivity contribution in [3.8, 4) is 5.75 Å². The molecule has 0 spiro atoms. The van der Waals surface area contributed by atoms with E-state index in [1.54, 1.807) is 12.1 Å². The van der Waals surface area contributed by atoms with Crippen molar-refractivity contribution in [2.75, 3.05) is 5.32 Å². The van der Waals surface area contributed by atoms with Crippen molar-refractivity contribution in [1.29, 1.82) is 0 Å². The van der Waals surface area contributed by atoms with Gasteiger partial charge in [-0.15, -0.1) is 0 Å². The first kappa shape index (κ1) is 23.3. The Morgan fingerprint density at radius 1 is 1.06 bits per heavy atom. The van der Waals surface area contributed by atoms with Crippen LogP contribution in [0.3, 0.4) is 0 Å². The molecule has 7 heteroatoms. The normalized spacial score (nSPS) is 10.7. The SMILES string of the molecule is Cc1ccc(C(C)C)c(OCc2ccc(C(=O)NNC(=S)Nc3cccc(C)c3C)o2)c1. The second kappa shape index (κ2) is 10.3. The van der Waals surface area contributed by atoms with E-state index in [1.807, 2.05) is 45.0 Å². The van der Waals surface area contributed by atoms with Gasteiger partial charge in [0.05, 0.1) is 0 Å². The topological polar surface area (TPSA) is 75.5 Å². The number of hydrogen-bond donors (Lipinski definition) is 3. The fourth-order valence-corrected chi connectivity index (χ4v) is 3.35. The predicted octanol–water partition coefficient (Wildman–Crippen LogP) is 5.54. The number of aryl methyl sites for hydroxylation is 2. The molecule has 0 aliphatic heterocycles. The third-order valence-electron chi connectivity index (χ3n) is 5.19. The van der Waals surface area contributed by atoms with E-state index in [4.69, 9.17) is 21.4 Å². The van der Waals surface area contributed by atoms with Crippen LogP contribution in [0.5, 0.6) is 5.75 Å². The first-order valence-corrected chi connectivity index (χ1v) is 10.9. The van der Waals surface area contributed by atoms with Crippen LogP contribution in [-0.4, -0.2) is 11.0 Å². The number of ether oxygens (including phenoxy) is 1. The number of thiocarbonyl (C=S) groups is 1. The predicted molar refractivity (Wildman–Crippen MR) is 131 cm³/mol. The summed E-state index contributed by atoms with van der Waals surface area (Å²) in [5.41, 5.74) is 10.6. The van der Waals surface area contributed by atoms with Crippen molar-refractivity contribution in [1.82, 2.24) is 10.9 Å². The number of nitrogens with one attached hydrogen (secondary N) is 3. The van der Waals surface area contributed by atoms with Gasteiger partial charge >= 0.3 is 5.91 Å². The maximum atomic E-state index is 12.4. The number of carbonyl (C=O) groups excluding carboxylic acids is 1. The number of furan rings is 1. The lowest BCUT2D eigenvalue weighted by Gasteiger charge is -2.14. The van der Waals surface area contributed by atoms with Crippen molar-refractivity contribution < 1.29 is 13.9 Å². The van der Waals surface area contributed by atoms with Gasteiger partial charge in [0.15, 0.2) is 10.9 Å². The second-order valence-corrected chi connectivity index (χ2v) is 8.44. The van der Waals surface area contributed by atoms with Crippen molar-refractivity contribution in [2.24, 2.45) is 0 Å². The van der Waals surface area contributed by atoms with Crippen LogP contribution in [0, 0.1) is 20.8 Å². The molecule has 168 valence electrons. The first-order chi connectivity index (χ1) is 15.2. The third kappa shape index (κ3) is 5.88. The molecule has 1 amide bonds. The molecule has 0 aliphatic carbocycles. The van der Waals surface area contributed by atoms with Gasteiger partial charge in [-0.3, -0.25) is 15.6 Å². The number of carbonyl (C=O) groups is 1. The second-order valence-electron chi connectivity index (χ2n) is 8.03. The standard InChI is InChI=1S/C25H29N3O3S/c1-15(2)20-11-9-16(3)13-23(20)30-14-19-10-12-22(31-19)24(29)27-28-25(32)26-21-8-6-7-17(4)18(21)5/h6-13,15H,14H2,1-5H3,(H,27,29)(H2,26,28,32). The summed E-state index contributed by atoms with van der Waals surface area (Å²) in [6.07, 6.45) is 0. The monoisotopic (exact) mass is 451 g/mol. The molecular formula is C25H29N3O3S. The molecule has 0 aliphatic rings. The summed E-state index contributed by atoms with van der Waals surface area (Å²) >= 11 is 5.26. The molecule has 3 N–H and O–H groups in total. The van der Waals surface area contributed by atoms with Crippen LogP contribution in [0.1, 0.15) is 58.3 Å². The Kier molecular flexibility index (Phi) is 7.53. The minimum Gasteiger partial charge on any atom is -0.485 e. The van der Waals surface area contributed by atoms with Gasteiger partial charge in [0, 0.05) is 5.69 Å². The number of rotatable bonds is 6. The third-order valence-corrected chi connectivity index (χ3v) is 5.39. The maximum absolute atomic E-state index is 12.4. The lowest BCUT2D eigenvalue weighted by atomic mass is 10.0. The Morgan fingerprint density at radius 2 is 1.84 bits per heavy atom. The summed E-state index contributed by atoms with van der Waals surface area (Å²) in [6.45, 7) is 10.5. The highest BCUT2D eigenvalue weighted by atomic mass is 32.1. The van der Waals surface area contributed by atoms with E-state index in [-0.39, 0.29) is 17.5 Å². The maximum Gasteiger partial charge on any atom is 0.305 e. The van der Waals surface area contributed by atoms with Gasteiger partial charge in [-0.1, -0.05) is 38.1 Å². The summed E-state index contributed by atoms with van der Waals surface area (Å²) < 4.78 is 11.6. The lowest BCUT2D eigenvalue weighted by molar-refractivity contribution is 0.0912. The van der Waals surface area contributed by atoms with Crippen LogP contribution < -0.4 is 20.9 Å². The fourth-order valence-electron chi connectivity index (χ4n) is 3.19. The van der Waals surface area contributed by atoms with E-state index in [9.17, 15) is 4.79 Å². The molecule has 3 rings (SSSR count). The quantitative estimate of drug-likeness (QED) is 0.338. The highest BCUT2D eigenvalue weighted by molar-refractivity contribution is 7.80. The summed E-state index contributed by atoms with van der Waals surface area (Å²) in [6, 6.07) is 15.4. The fraction of sp³-hybridized carbons (Fsp3) is 0.280. The lowest BCUT2D eigenvalue weighted by Crippen LogP contribution is -2.43. The average molecular weight is 452 g/mol. The summed E-state index contributed by atoms with van der Waals surface area (Å²) in [4.78, 5) is 12.4. The number of amides is 1. The zero-order chi connectivity index (χ0) is 23.3. The number of hydrogen-bond acceptors (Lipinski definition) is 4. The molecule has 0 saturated carbocycles. The molecule has 1 aromatic heterocycles. The van der Waals surface area contributed by atoms with Gasteiger partial charge in [0.1, 0.15) is 18.1 Å². The Hall–Kier alpha value is -3.32. The molecule has 0 unspecified atom stereocenters. The van der Waals surface area contributed by atoms with Crippen molar-refractivity contribution in [3.05, 3.63) is 82.3 Å². The molecular weight excluding hydrogens is 422 g/mol. The van der Waals surface area contributed by atoms with Crippen LogP contribution >= 0.6 is 12.2 Å². The van der Waals surface area contributed by atoms with E-state index in [0.717, 1.165) is 33.7 Å². The summed E-state index contributed by atoms with van der Waals surface area (Å²) in [5, 5.41) is 3.36. The number of hydrazine groups is 1. The summed E-state index contributed by atoms with van der Waals surface area (Å²) in [7, 11) is 0. The van der Waals surface area contributed by atoms with Gasteiger partial charge in [0.2, 0.25) is 0 Å². The molecule has 1 heterocycles. The average Bonchev–Trinajstić information content (AvgIpc) is 3.23. The molecule has 3 aromatic rings. The molecule has 32 heavy (non-hydrogen) atoms. The zero-order valence-electron chi connectivity index (χ0n) is 19.0. The molecule has 0 bridgehead atoms. The van der Waals surface area contributed by atoms with E-state index >= 15 is 0 Å². The first-order valence-electron chi connectivity index (χ1n) is 10.5. The minimum absolute atomic E-state index is 0.166. The molecule has 0 radical (unpaired) electrons. The van der Waals surface area contributed by atoms with Gasteiger partial charge in [-0.25, -0.2) is 0 Å². The molecule has 0 fully saturated rings. The van der Waals surface area contributed by atoms with Crippen molar-refractivity contribution in [2.45, 2.75) is 47.1 Å². The highest BCUT2D eigenvalue weighted by Gasteiger charge is 2.14. The Balaban J connectivity index is 1.54. The minimum atomic E-state index is -0.431. The Bertz CT molecular complexity index is 1120. The van der Waals surface area contributed by atoms with Crippen LogP contribution in [0.15, 0.2) is 52.9 Å². The van der Waals surface area contributed by atoms with Gasteiger partial charge in [-0.2, -0.15) is 0 Å². The Morgan fingerprint density at radius 3 is 2.59 bits per heavy atom. The van der Waals surface area contributed by atoms with Crippen LogP contribution in [-0.2, 0) is 6.61 Å². The zero-order valence-corrected chi connectivity index (χ0v) is 19.9. The van der Waals surface area contributed by atoms with Crippen LogP contribution in [0.4, 0.5) is 5.69 Å². The largest absolute Gasteiger partial charge is 0.485 e.